The SMILES string of the molecule is NS(=O)(=O)c1ccc(F)c(S(=O)(=O)Cl)c1. The molecule has 2 N–H and O–H groups in total. The van der Waals surface area contributed by atoms with Gasteiger partial charge in [0.15, 0.2) is 0 Å². The van der Waals surface area contributed by atoms with E-state index in [4.69, 9.17) is 15.8 Å². The summed E-state index contributed by atoms with van der Waals surface area (Å²) in [6.45, 7) is 0. The highest BCUT2D eigenvalue weighted by Crippen LogP contribution is 2.21. The molecule has 0 saturated carbocycles. The Bertz CT molecular complexity index is 596. The summed E-state index contributed by atoms with van der Waals surface area (Å²) >= 11 is 0. The molecule has 0 aliphatic heterocycles. The lowest BCUT2D eigenvalue weighted by Gasteiger charge is -2.01. The Kier molecular flexibility index (Phi) is 3.06. The van der Waals surface area contributed by atoms with Crippen LogP contribution in [0.15, 0.2) is 28.0 Å². The van der Waals surface area contributed by atoms with Crippen molar-refractivity contribution in [2.24, 2.45) is 5.14 Å². The van der Waals surface area contributed by atoms with E-state index in [-0.39, 0.29) is 0 Å². The molecule has 0 unspecified atom stereocenters. The van der Waals surface area contributed by atoms with Crippen LogP contribution in [0.25, 0.3) is 0 Å². The van der Waals surface area contributed by atoms with Crippen LogP contribution in [0.4, 0.5) is 4.39 Å². The van der Waals surface area contributed by atoms with Crippen LogP contribution in [0.5, 0.6) is 0 Å². The van der Waals surface area contributed by atoms with E-state index in [2.05, 4.69) is 0 Å². The molecule has 0 fully saturated rings. The predicted molar refractivity (Wildman–Crippen MR) is 50.8 cm³/mol. The second-order valence-electron chi connectivity index (χ2n) is 2.58. The molecule has 0 radical (unpaired) electrons. The number of benzene rings is 1. The van der Waals surface area contributed by atoms with Crippen LogP contribution in [0.2, 0.25) is 0 Å². The third-order valence-corrected chi connectivity index (χ3v) is 3.74. The highest BCUT2D eigenvalue weighted by atomic mass is 35.7. The van der Waals surface area contributed by atoms with Gasteiger partial charge < -0.3 is 0 Å². The fourth-order valence-corrected chi connectivity index (χ4v) is 2.39. The smallest absolute Gasteiger partial charge is 0.225 e. The first-order chi connectivity index (χ1) is 6.62. The van der Waals surface area contributed by atoms with E-state index in [1.165, 1.54) is 0 Å². The van der Waals surface area contributed by atoms with Gasteiger partial charge >= 0.3 is 0 Å². The first-order valence-corrected chi connectivity index (χ1v) is 7.25. The standard InChI is InChI=1S/C6H5ClFNO4S2/c7-14(10,11)6-3-4(15(9,12)13)1-2-5(6)8/h1-3H,(H2,9,12,13). The van der Waals surface area contributed by atoms with Crippen molar-refractivity contribution in [2.75, 3.05) is 0 Å². The van der Waals surface area contributed by atoms with Crippen molar-refractivity contribution in [3.8, 4) is 0 Å². The van der Waals surface area contributed by atoms with Gasteiger partial charge in [0.2, 0.25) is 10.0 Å². The summed E-state index contributed by atoms with van der Waals surface area (Å²) in [6.07, 6.45) is 0. The number of sulfonamides is 1. The molecule has 0 bridgehead atoms. The average Bonchev–Trinajstić information content (AvgIpc) is 2.00. The van der Waals surface area contributed by atoms with Gasteiger partial charge in [-0.05, 0) is 18.2 Å². The molecule has 0 aliphatic rings. The molecule has 1 rings (SSSR count). The molecule has 1 aromatic carbocycles. The van der Waals surface area contributed by atoms with Gasteiger partial charge in [-0.3, -0.25) is 0 Å². The molecule has 0 heterocycles. The van der Waals surface area contributed by atoms with E-state index in [9.17, 15) is 21.2 Å². The third kappa shape index (κ3) is 2.88. The highest BCUT2D eigenvalue weighted by molar-refractivity contribution is 8.13. The van der Waals surface area contributed by atoms with Crippen LogP contribution < -0.4 is 5.14 Å². The van der Waals surface area contributed by atoms with E-state index in [0.29, 0.717) is 12.1 Å². The molecule has 5 nitrogen and oxygen atoms in total. The first-order valence-electron chi connectivity index (χ1n) is 3.39. The van der Waals surface area contributed by atoms with Crippen LogP contribution in [-0.2, 0) is 19.1 Å². The summed E-state index contributed by atoms with van der Waals surface area (Å²) in [6, 6.07) is 2.07. The maximum Gasteiger partial charge on any atom is 0.264 e. The van der Waals surface area contributed by atoms with Gasteiger partial charge in [-0.15, -0.1) is 0 Å². The molecule has 15 heavy (non-hydrogen) atoms. The zero-order chi connectivity index (χ0) is 11.9. The Morgan fingerprint density at radius 2 is 1.73 bits per heavy atom. The second kappa shape index (κ2) is 3.71. The van der Waals surface area contributed by atoms with Crippen molar-refractivity contribution in [1.29, 1.82) is 0 Å². The molecule has 0 aliphatic carbocycles. The van der Waals surface area contributed by atoms with E-state index >= 15 is 0 Å². The number of primary sulfonamides is 1. The minimum absolute atomic E-state index is 0.525. The largest absolute Gasteiger partial charge is 0.264 e. The topological polar surface area (TPSA) is 94.3 Å². The second-order valence-corrected chi connectivity index (χ2v) is 6.67. The third-order valence-electron chi connectivity index (χ3n) is 1.49. The lowest BCUT2D eigenvalue weighted by Crippen LogP contribution is -2.13. The van der Waals surface area contributed by atoms with Gasteiger partial charge in [0, 0.05) is 10.7 Å². The van der Waals surface area contributed by atoms with Crippen LogP contribution in [-0.4, -0.2) is 16.8 Å². The van der Waals surface area contributed by atoms with Gasteiger partial charge in [-0.1, -0.05) is 0 Å². The van der Waals surface area contributed by atoms with Gasteiger partial charge in [0.05, 0.1) is 4.90 Å². The van der Waals surface area contributed by atoms with E-state index in [1.54, 1.807) is 0 Å². The van der Waals surface area contributed by atoms with Crippen molar-refractivity contribution in [3.63, 3.8) is 0 Å². The van der Waals surface area contributed by atoms with Gasteiger partial charge in [0.1, 0.15) is 10.7 Å². The molecule has 0 saturated heterocycles. The molecule has 0 aromatic heterocycles. The van der Waals surface area contributed by atoms with E-state index < -0.39 is 34.7 Å². The normalized spacial score (nSPS) is 12.7. The molecule has 1 aromatic rings. The molecule has 0 spiro atoms. The lowest BCUT2D eigenvalue weighted by molar-refractivity contribution is 0.572. The Morgan fingerprint density at radius 3 is 2.13 bits per heavy atom. The Labute approximate surface area is 90.1 Å². The Morgan fingerprint density at radius 1 is 1.20 bits per heavy atom. The van der Waals surface area contributed by atoms with E-state index in [0.717, 1.165) is 6.07 Å². The summed E-state index contributed by atoms with van der Waals surface area (Å²) in [5.41, 5.74) is 0. The maximum atomic E-state index is 13.0. The molecule has 0 atom stereocenters. The average molecular weight is 274 g/mol. The molecule has 9 heteroatoms. The summed E-state index contributed by atoms with van der Waals surface area (Å²) in [4.78, 5) is -1.45. The number of halogens is 2. The van der Waals surface area contributed by atoms with Crippen LogP contribution in [0.1, 0.15) is 0 Å². The van der Waals surface area contributed by atoms with E-state index in [1.807, 2.05) is 0 Å². The zero-order valence-corrected chi connectivity index (χ0v) is 9.40. The van der Waals surface area contributed by atoms with Gasteiger partial charge in [-0.2, -0.15) is 0 Å². The van der Waals surface area contributed by atoms with Crippen LogP contribution >= 0.6 is 10.7 Å². The monoisotopic (exact) mass is 273 g/mol. The Balaban J connectivity index is 3.57. The number of rotatable bonds is 2. The lowest BCUT2D eigenvalue weighted by atomic mass is 10.3. The fourth-order valence-electron chi connectivity index (χ4n) is 0.848. The minimum atomic E-state index is -4.34. The van der Waals surface area contributed by atoms with Gasteiger partial charge in [-0.25, -0.2) is 26.4 Å². The van der Waals surface area contributed by atoms with Crippen LogP contribution in [0.3, 0.4) is 0 Å². The van der Waals surface area contributed by atoms with Crippen molar-refractivity contribution in [3.05, 3.63) is 24.0 Å². The number of nitrogens with two attached hydrogens (primary N) is 1. The van der Waals surface area contributed by atoms with Crippen LogP contribution in [0, 0.1) is 5.82 Å². The highest BCUT2D eigenvalue weighted by Gasteiger charge is 2.19. The number of hydrogen-bond donors (Lipinski definition) is 1. The van der Waals surface area contributed by atoms with Gasteiger partial charge in [0.25, 0.3) is 9.05 Å². The fraction of sp³-hybridized carbons (Fsp3) is 0. The van der Waals surface area contributed by atoms with Crippen molar-refractivity contribution in [2.45, 2.75) is 9.79 Å². The number of hydrogen-bond acceptors (Lipinski definition) is 4. The molecule has 0 amide bonds. The molecule has 84 valence electrons. The summed E-state index contributed by atoms with van der Waals surface area (Å²) in [5.74, 6) is -1.14. The van der Waals surface area contributed by atoms with Crippen molar-refractivity contribution < 1.29 is 21.2 Å². The zero-order valence-electron chi connectivity index (χ0n) is 7.01. The van der Waals surface area contributed by atoms with Crippen molar-refractivity contribution in [1.82, 2.24) is 0 Å². The predicted octanol–water partition coefficient (Wildman–Crippen LogP) is 0.401. The first kappa shape index (κ1) is 12.4. The summed E-state index contributed by atoms with van der Waals surface area (Å²) in [7, 11) is -3.55. The quantitative estimate of drug-likeness (QED) is 0.789. The Hall–Kier alpha value is -0.700. The summed E-state index contributed by atoms with van der Waals surface area (Å²) < 4.78 is 56.3. The molecular formula is C6H5ClFNO4S2. The molecular weight excluding hydrogens is 269 g/mol. The minimum Gasteiger partial charge on any atom is -0.225 e. The van der Waals surface area contributed by atoms with Crippen molar-refractivity contribution >= 4 is 29.8 Å². The maximum absolute atomic E-state index is 13.0. The summed E-state index contributed by atoms with van der Waals surface area (Å²) in [5, 5.41) is 4.73.